The number of aliphatic hydroxyl groups excluding tert-OH is 2. The zero-order valence-electron chi connectivity index (χ0n) is 27.2. The summed E-state index contributed by atoms with van der Waals surface area (Å²) in [6.45, 7) is 6.40. The van der Waals surface area contributed by atoms with Gasteiger partial charge in [0.25, 0.3) is 0 Å². The lowest BCUT2D eigenvalue weighted by Gasteiger charge is -2.34. The fourth-order valence-electron chi connectivity index (χ4n) is 6.41. The summed E-state index contributed by atoms with van der Waals surface area (Å²) < 4.78 is 0. The van der Waals surface area contributed by atoms with Gasteiger partial charge in [-0.1, -0.05) is 96.0 Å². The average Bonchev–Trinajstić information content (AvgIpc) is 3.80. The molecule has 0 saturated heterocycles. The van der Waals surface area contributed by atoms with Crippen LogP contribution in [0.1, 0.15) is 103 Å². The number of benzene rings is 1. The number of hydrogen-bond acceptors (Lipinski definition) is 5. The lowest BCUT2D eigenvalue weighted by molar-refractivity contribution is -0.142. The molecular weight excluding hydrogens is 542 g/mol. The number of rotatable bonds is 17. The van der Waals surface area contributed by atoms with E-state index in [0.29, 0.717) is 37.6 Å². The molecule has 2 fully saturated rings. The summed E-state index contributed by atoms with van der Waals surface area (Å²) in [6, 6.07) is 9.37. The third-order valence-electron chi connectivity index (χ3n) is 9.31. The Morgan fingerprint density at radius 1 is 0.884 bits per heavy atom. The minimum absolute atomic E-state index is 0.0192. The number of hydrogen-bond donors (Lipinski definition) is 3. The Morgan fingerprint density at radius 3 is 2.09 bits per heavy atom. The highest BCUT2D eigenvalue weighted by atomic mass is 16.3. The highest BCUT2D eigenvalue weighted by Gasteiger charge is 2.36. The van der Waals surface area contributed by atoms with Crippen molar-refractivity contribution in [3.63, 3.8) is 0 Å². The Balaban J connectivity index is 1.76. The highest BCUT2D eigenvalue weighted by molar-refractivity contribution is 5.88. The normalized spacial score (nSPS) is 19.3. The van der Waals surface area contributed by atoms with Crippen LogP contribution in [0, 0.1) is 23.7 Å². The molecule has 0 spiro atoms. The number of amides is 3. The van der Waals surface area contributed by atoms with Crippen molar-refractivity contribution in [3.05, 3.63) is 35.9 Å². The fourth-order valence-corrected chi connectivity index (χ4v) is 6.41. The maximum absolute atomic E-state index is 13.9. The van der Waals surface area contributed by atoms with Crippen molar-refractivity contribution in [2.45, 2.75) is 116 Å². The first-order valence-corrected chi connectivity index (χ1v) is 16.6. The van der Waals surface area contributed by atoms with Crippen molar-refractivity contribution in [1.29, 1.82) is 0 Å². The first-order valence-electron chi connectivity index (χ1n) is 16.6. The van der Waals surface area contributed by atoms with Crippen molar-refractivity contribution >= 4 is 17.7 Å². The fraction of sp³-hybridized carbons (Fsp3) is 0.743. The van der Waals surface area contributed by atoms with Gasteiger partial charge in [0.05, 0.1) is 18.7 Å². The van der Waals surface area contributed by atoms with E-state index < -0.39 is 24.2 Å². The molecule has 0 radical (unpaired) electrons. The Kier molecular flexibility index (Phi) is 14.0. The van der Waals surface area contributed by atoms with E-state index in [0.717, 1.165) is 44.1 Å². The highest BCUT2D eigenvalue weighted by Crippen LogP contribution is 2.37. The maximum Gasteiger partial charge on any atom is 0.241 e. The molecule has 0 bridgehead atoms. The van der Waals surface area contributed by atoms with Crippen molar-refractivity contribution in [2.75, 3.05) is 27.2 Å². The van der Waals surface area contributed by atoms with Crippen LogP contribution in [0.4, 0.5) is 0 Å². The molecule has 1 aromatic carbocycles. The van der Waals surface area contributed by atoms with Crippen LogP contribution >= 0.6 is 0 Å². The number of nitrogens with one attached hydrogen (secondary N) is 1. The minimum Gasteiger partial charge on any atom is -0.390 e. The zero-order valence-corrected chi connectivity index (χ0v) is 27.2. The third kappa shape index (κ3) is 11.9. The van der Waals surface area contributed by atoms with E-state index in [1.165, 1.54) is 11.3 Å². The lowest BCUT2D eigenvalue weighted by atomic mass is 9.82. The summed E-state index contributed by atoms with van der Waals surface area (Å²) in [7, 11) is 3.36. The molecule has 2 saturated carbocycles. The molecule has 3 rings (SSSR count). The summed E-state index contributed by atoms with van der Waals surface area (Å²) in [5, 5.41) is 25.2. The molecule has 0 aromatic heterocycles. The molecule has 8 nitrogen and oxygen atoms in total. The quantitative estimate of drug-likeness (QED) is 0.240. The minimum atomic E-state index is -1.06. The monoisotopic (exact) mass is 599 g/mol. The average molecular weight is 600 g/mol. The largest absolute Gasteiger partial charge is 0.390 e. The van der Waals surface area contributed by atoms with Crippen LogP contribution in [0.3, 0.4) is 0 Å². The summed E-state index contributed by atoms with van der Waals surface area (Å²) >= 11 is 0. The second kappa shape index (κ2) is 17.1. The molecule has 3 N–H and O–H groups in total. The predicted molar refractivity (Wildman–Crippen MR) is 170 cm³/mol. The van der Waals surface area contributed by atoms with Crippen molar-refractivity contribution < 1.29 is 24.6 Å². The van der Waals surface area contributed by atoms with Gasteiger partial charge in [-0.2, -0.15) is 0 Å². The van der Waals surface area contributed by atoms with Crippen molar-refractivity contribution in [1.82, 2.24) is 15.1 Å². The van der Waals surface area contributed by atoms with Gasteiger partial charge in [-0.05, 0) is 48.5 Å². The van der Waals surface area contributed by atoms with E-state index in [-0.39, 0.29) is 42.5 Å². The first kappa shape index (κ1) is 35.0. The van der Waals surface area contributed by atoms with E-state index in [4.69, 9.17) is 0 Å². The zero-order chi connectivity index (χ0) is 31.5. The van der Waals surface area contributed by atoms with Gasteiger partial charge in [0.2, 0.25) is 17.7 Å². The van der Waals surface area contributed by atoms with E-state index in [9.17, 15) is 24.6 Å². The standard InChI is InChI=1S/C35H57N3O5/c1-24(2)18-31(39)34(42)30(20-26-12-8-6-9-13-26)36-35(43)29(19-27-16-17-27)21-32(40)38(23-33(41)37(4)5)22-25(3)28-14-10-7-11-15-28/h7,10-11,14-15,24-27,29-31,34,39,42H,6,8-9,12-13,16-23H2,1-5H3,(H,36,43)/t25-,29+,30-,31-,34+/m0/s1. The Hall–Kier alpha value is -2.45. The molecule has 1 aromatic rings. The van der Waals surface area contributed by atoms with Gasteiger partial charge in [0.15, 0.2) is 0 Å². The molecule has 43 heavy (non-hydrogen) atoms. The van der Waals surface area contributed by atoms with Gasteiger partial charge in [-0.25, -0.2) is 0 Å². The van der Waals surface area contributed by atoms with E-state index in [1.807, 2.05) is 51.1 Å². The topological polar surface area (TPSA) is 110 Å². The second-order valence-electron chi connectivity index (χ2n) is 14.0. The van der Waals surface area contributed by atoms with Crippen molar-refractivity contribution in [3.8, 4) is 0 Å². The Bertz CT molecular complexity index is 1010. The summed E-state index contributed by atoms with van der Waals surface area (Å²) in [4.78, 5) is 43.6. The van der Waals surface area contributed by atoms with E-state index >= 15 is 0 Å². The second-order valence-corrected chi connectivity index (χ2v) is 14.0. The number of carbonyl (C=O) groups is 3. The summed E-state index contributed by atoms with van der Waals surface area (Å²) in [5.41, 5.74) is 1.09. The van der Waals surface area contributed by atoms with E-state index in [1.54, 1.807) is 19.0 Å². The van der Waals surface area contributed by atoms with Crippen LogP contribution in [-0.4, -0.2) is 83.2 Å². The van der Waals surface area contributed by atoms with Crippen LogP contribution in [0.15, 0.2) is 30.3 Å². The lowest BCUT2D eigenvalue weighted by Crippen LogP contribution is -2.52. The van der Waals surface area contributed by atoms with Crippen LogP contribution < -0.4 is 5.32 Å². The number of nitrogens with zero attached hydrogens (tertiary/aromatic N) is 2. The Morgan fingerprint density at radius 2 is 1.51 bits per heavy atom. The molecule has 242 valence electrons. The predicted octanol–water partition coefficient (Wildman–Crippen LogP) is 4.74. The Labute approximate surface area is 259 Å². The maximum atomic E-state index is 13.9. The summed E-state index contributed by atoms with van der Waals surface area (Å²) in [5.74, 6) is -0.0977. The van der Waals surface area contributed by atoms with Crippen LogP contribution in [0.2, 0.25) is 0 Å². The molecule has 2 aliphatic rings. The summed E-state index contributed by atoms with van der Waals surface area (Å²) in [6.07, 6.45) is 7.48. The van der Waals surface area contributed by atoms with Crippen molar-refractivity contribution in [2.24, 2.45) is 23.7 Å². The van der Waals surface area contributed by atoms with Crippen LogP contribution in [0.5, 0.6) is 0 Å². The molecule has 2 aliphatic carbocycles. The number of likely N-dealkylation sites (N-methyl/N-ethyl adjacent to an activating group) is 1. The molecule has 8 heteroatoms. The van der Waals surface area contributed by atoms with Gasteiger partial charge < -0.3 is 25.3 Å². The first-order chi connectivity index (χ1) is 20.4. The molecule has 3 amide bonds. The molecule has 0 unspecified atom stereocenters. The van der Waals surface area contributed by atoms with Crippen LogP contribution in [0.25, 0.3) is 0 Å². The molecule has 0 heterocycles. The molecule has 5 atom stereocenters. The third-order valence-corrected chi connectivity index (χ3v) is 9.31. The van der Waals surface area contributed by atoms with Gasteiger partial charge in [0, 0.05) is 33.0 Å². The number of aliphatic hydroxyl groups is 2. The van der Waals surface area contributed by atoms with Gasteiger partial charge in [-0.3, -0.25) is 14.4 Å². The van der Waals surface area contributed by atoms with E-state index in [2.05, 4.69) is 5.32 Å². The number of carbonyl (C=O) groups excluding carboxylic acids is 3. The molecule has 0 aliphatic heterocycles. The van der Waals surface area contributed by atoms with Gasteiger partial charge in [-0.15, -0.1) is 0 Å². The SMILES string of the molecule is CC(C)C[C@H](O)[C@H](O)[C@H](CC1CCCCC1)NC(=O)[C@@H](CC(=O)N(CC(=O)N(C)C)C[C@H](C)c1ccccc1)CC1CC1. The molecular formula is C35H57N3O5. The van der Waals surface area contributed by atoms with Gasteiger partial charge >= 0.3 is 0 Å². The van der Waals surface area contributed by atoms with Gasteiger partial charge in [0.1, 0.15) is 6.10 Å². The van der Waals surface area contributed by atoms with Crippen LogP contribution in [-0.2, 0) is 14.4 Å². The smallest absolute Gasteiger partial charge is 0.241 e.